The van der Waals surface area contributed by atoms with Gasteiger partial charge in [0.25, 0.3) is 0 Å². The molecule has 2 aliphatic rings. The van der Waals surface area contributed by atoms with Gasteiger partial charge in [-0.1, -0.05) is 49.4 Å². The third-order valence-electron chi connectivity index (χ3n) is 6.95. The summed E-state index contributed by atoms with van der Waals surface area (Å²) in [6.07, 6.45) is 6.29. The highest BCUT2D eigenvalue weighted by Crippen LogP contribution is 2.57. The molecule has 1 atom stereocenters. The SMILES string of the molecule is CC1(C2CCc3ccccc3C2)CC(c2csc(NC(=S)Nc3ccccc3)n2)C1. The van der Waals surface area contributed by atoms with Crippen LogP contribution in [0.25, 0.3) is 0 Å². The Morgan fingerprint density at radius 3 is 2.57 bits per heavy atom. The van der Waals surface area contributed by atoms with Crippen LogP contribution >= 0.6 is 23.6 Å². The zero-order valence-electron chi connectivity index (χ0n) is 17.2. The average molecular weight is 434 g/mol. The normalized spacial score (nSPS) is 25.1. The molecule has 1 aromatic heterocycles. The van der Waals surface area contributed by atoms with E-state index in [1.54, 1.807) is 22.5 Å². The second-order valence-electron chi connectivity index (χ2n) is 8.99. The third-order valence-corrected chi connectivity index (χ3v) is 7.93. The van der Waals surface area contributed by atoms with Crippen molar-refractivity contribution in [2.24, 2.45) is 11.3 Å². The van der Waals surface area contributed by atoms with Crippen LogP contribution < -0.4 is 10.6 Å². The summed E-state index contributed by atoms with van der Waals surface area (Å²) in [4.78, 5) is 4.84. The van der Waals surface area contributed by atoms with Crippen LogP contribution in [0.5, 0.6) is 0 Å². The first kappa shape index (κ1) is 19.7. The maximum atomic E-state index is 5.43. The molecule has 2 aromatic carbocycles. The monoisotopic (exact) mass is 433 g/mol. The number of hydrogen-bond acceptors (Lipinski definition) is 3. The van der Waals surface area contributed by atoms with E-state index >= 15 is 0 Å². The van der Waals surface area contributed by atoms with Crippen molar-refractivity contribution in [2.75, 3.05) is 10.6 Å². The molecular formula is C25H27N3S2. The van der Waals surface area contributed by atoms with Crippen LogP contribution in [0.2, 0.25) is 0 Å². The molecule has 0 spiro atoms. The zero-order valence-corrected chi connectivity index (χ0v) is 18.9. The lowest BCUT2D eigenvalue weighted by molar-refractivity contribution is 0.0370. The maximum Gasteiger partial charge on any atom is 0.189 e. The topological polar surface area (TPSA) is 37.0 Å². The minimum absolute atomic E-state index is 0.444. The number of aryl methyl sites for hydroxylation is 1. The molecule has 5 rings (SSSR count). The fraction of sp³-hybridized carbons (Fsp3) is 0.360. The molecule has 2 N–H and O–H groups in total. The molecule has 3 nitrogen and oxygen atoms in total. The van der Waals surface area contributed by atoms with E-state index < -0.39 is 0 Å². The van der Waals surface area contributed by atoms with Gasteiger partial charge in [0.15, 0.2) is 10.2 Å². The third kappa shape index (κ3) is 4.01. The second kappa shape index (κ2) is 8.12. The van der Waals surface area contributed by atoms with Crippen LogP contribution in [0, 0.1) is 11.3 Å². The van der Waals surface area contributed by atoms with Gasteiger partial charge in [-0.15, -0.1) is 11.3 Å². The van der Waals surface area contributed by atoms with E-state index in [2.05, 4.69) is 47.2 Å². The van der Waals surface area contributed by atoms with E-state index in [0.29, 0.717) is 16.4 Å². The molecule has 1 saturated carbocycles. The average Bonchev–Trinajstić information content (AvgIpc) is 3.19. The quantitative estimate of drug-likeness (QED) is 0.452. The number of nitrogens with zero attached hydrogens (tertiary/aromatic N) is 1. The van der Waals surface area contributed by atoms with Gasteiger partial charge < -0.3 is 10.6 Å². The highest BCUT2D eigenvalue weighted by molar-refractivity contribution is 7.80. The van der Waals surface area contributed by atoms with Crippen molar-refractivity contribution in [2.45, 2.75) is 44.9 Å². The highest BCUT2D eigenvalue weighted by Gasteiger charge is 2.47. The predicted molar refractivity (Wildman–Crippen MR) is 130 cm³/mol. The van der Waals surface area contributed by atoms with Crippen LogP contribution in [0.4, 0.5) is 10.8 Å². The van der Waals surface area contributed by atoms with Crippen molar-refractivity contribution < 1.29 is 0 Å². The molecule has 1 fully saturated rings. The number of thiazole rings is 1. The largest absolute Gasteiger partial charge is 0.332 e. The summed E-state index contributed by atoms with van der Waals surface area (Å²) < 4.78 is 0. The minimum atomic E-state index is 0.444. The van der Waals surface area contributed by atoms with E-state index in [4.69, 9.17) is 17.2 Å². The lowest BCUT2D eigenvalue weighted by atomic mass is 9.53. The number of rotatable bonds is 4. The first-order chi connectivity index (χ1) is 14.6. The molecule has 0 bridgehead atoms. The van der Waals surface area contributed by atoms with Crippen molar-refractivity contribution in [1.29, 1.82) is 0 Å². The Bertz CT molecular complexity index is 1040. The number of nitrogens with one attached hydrogen (secondary N) is 2. The lowest BCUT2D eigenvalue weighted by Gasteiger charge is -2.51. The maximum absolute atomic E-state index is 5.43. The minimum Gasteiger partial charge on any atom is -0.332 e. The van der Waals surface area contributed by atoms with Gasteiger partial charge in [-0.3, -0.25) is 0 Å². The van der Waals surface area contributed by atoms with E-state index in [9.17, 15) is 0 Å². The van der Waals surface area contributed by atoms with E-state index in [0.717, 1.165) is 16.7 Å². The summed E-state index contributed by atoms with van der Waals surface area (Å²) in [6.45, 7) is 2.49. The molecule has 0 aliphatic heterocycles. The number of para-hydroxylation sites is 1. The molecule has 0 radical (unpaired) electrons. The smallest absolute Gasteiger partial charge is 0.189 e. The molecule has 154 valence electrons. The Morgan fingerprint density at radius 1 is 1.03 bits per heavy atom. The summed E-state index contributed by atoms with van der Waals surface area (Å²) in [7, 11) is 0. The van der Waals surface area contributed by atoms with Gasteiger partial charge in [0.05, 0.1) is 5.69 Å². The first-order valence-electron chi connectivity index (χ1n) is 10.7. The lowest BCUT2D eigenvalue weighted by Crippen LogP contribution is -2.42. The van der Waals surface area contributed by atoms with Crippen molar-refractivity contribution in [3.05, 3.63) is 76.8 Å². The van der Waals surface area contributed by atoms with Crippen LogP contribution in [0.1, 0.15) is 48.9 Å². The van der Waals surface area contributed by atoms with Gasteiger partial charge >= 0.3 is 0 Å². The van der Waals surface area contributed by atoms with Gasteiger partial charge in [-0.2, -0.15) is 0 Å². The van der Waals surface area contributed by atoms with Gasteiger partial charge in [-0.05, 0) is 78.9 Å². The first-order valence-corrected chi connectivity index (χ1v) is 12.0. The van der Waals surface area contributed by atoms with Crippen LogP contribution in [0.3, 0.4) is 0 Å². The number of thiocarbonyl (C=S) groups is 1. The van der Waals surface area contributed by atoms with Crippen molar-refractivity contribution >= 4 is 39.5 Å². The van der Waals surface area contributed by atoms with Crippen molar-refractivity contribution in [3.63, 3.8) is 0 Å². The number of hydrogen-bond donors (Lipinski definition) is 2. The fourth-order valence-corrected chi connectivity index (χ4v) is 6.29. The van der Waals surface area contributed by atoms with E-state index in [-0.39, 0.29) is 0 Å². The standard InChI is InChI=1S/C25H27N3S2/c1-25(20-12-11-17-7-5-6-8-18(17)13-20)14-19(15-25)22-16-30-24(27-22)28-23(29)26-21-9-3-2-4-10-21/h2-10,16,19-20H,11-15H2,1H3,(H2,26,27,28,29). The molecular weight excluding hydrogens is 406 g/mol. The van der Waals surface area contributed by atoms with Gasteiger partial charge in [-0.25, -0.2) is 4.98 Å². The number of benzene rings is 2. The van der Waals surface area contributed by atoms with Gasteiger partial charge in [0.2, 0.25) is 0 Å². The van der Waals surface area contributed by atoms with E-state index in [1.807, 2.05) is 30.3 Å². The molecule has 0 saturated heterocycles. The molecule has 0 amide bonds. The summed E-state index contributed by atoms with van der Waals surface area (Å²) in [6, 6.07) is 19.0. The summed E-state index contributed by atoms with van der Waals surface area (Å²) >= 11 is 7.08. The Balaban J connectivity index is 1.17. The van der Waals surface area contributed by atoms with Crippen LogP contribution in [-0.4, -0.2) is 10.1 Å². The molecule has 2 aliphatic carbocycles. The number of anilines is 2. The van der Waals surface area contributed by atoms with Crippen LogP contribution in [-0.2, 0) is 12.8 Å². The Kier molecular flexibility index (Phi) is 5.34. The molecule has 1 unspecified atom stereocenters. The molecule has 3 aromatic rings. The van der Waals surface area contributed by atoms with Crippen LogP contribution in [0.15, 0.2) is 60.0 Å². The molecule has 1 heterocycles. The molecule has 5 heteroatoms. The Hall–Kier alpha value is -2.24. The number of fused-ring (bicyclic) bond motifs is 1. The fourth-order valence-electron chi connectivity index (χ4n) is 5.21. The molecule has 30 heavy (non-hydrogen) atoms. The van der Waals surface area contributed by atoms with Crippen molar-refractivity contribution in [1.82, 2.24) is 4.98 Å². The Labute approximate surface area is 188 Å². The zero-order chi connectivity index (χ0) is 20.6. The summed E-state index contributed by atoms with van der Waals surface area (Å²) in [5.74, 6) is 1.37. The van der Waals surface area contributed by atoms with Gasteiger partial charge in [0, 0.05) is 17.0 Å². The second-order valence-corrected chi connectivity index (χ2v) is 10.3. The Morgan fingerprint density at radius 2 is 1.77 bits per heavy atom. The van der Waals surface area contributed by atoms with Gasteiger partial charge in [0.1, 0.15) is 0 Å². The van der Waals surface area contributed by atoms with Crippen molar-refractivity contribution in [3.8, 4) is 0 Å². The summed E-state index contributed by atoms with van der Waals surface area (Å²) in [5.41, 5.74) is 5.77. The number of aromatic nitrogens is 1. The summed E-state index contributed by atoms with van der Waals surface area (Å²) in [5, 5.41) is 10.1. The van der Waals surface area contributed by atoms with E-state index in [1.165, 1.54) is 37.8 Å². The predicted octanol–water partition coefficient (Wildman–Crippen LogP) is 6.64. The highest BCUT2D eigenvalue weighted by atomic mass is 32.1.